The maximum Gasteiger partial charge on any atom is 0.348 e. The second-order valence-corrected chi connectivity index (χ2v) is 3.94. The molecule has 0 spiro atoms. The van der Waals surface area contributed by atoms with Gasteiger partial charge in [0.25, 0.3) is 0 Å². The highest BCUT2D eigenvalue weighted by molar-refractivity contribution is 7.14. The smallest absolute Gasteiger partial charge is 0.348 e. The third-order valence-corrected chi connectivity index (χ3v) is 3.07. The molecule has 82 valence electrons. The summed E-state index contributed by atoms with van der Waals surface area (Å²) in [6.45, 7) is 0.0104. The molecular weight excluding hydrogens is 218 g/mol. The van der Waals surface area contributed by atoms with Gasteiger partial charge in [-0.25, -0.2) is 4.79 Å². The summed E-state index contributed by atoms with van der Waals surface area (Å²) in [5.74, 6) is -2.21. The van der Waals surface area contributed by atoms with E-state index in [1.807, 2.05) is 0 Å². The van der Waals surface area contributed by atoms with Crippen LogP contribution in [0.15, 0.2) is 12.1 Å². The average molecular weight is 229 g/mol. The number of thiophene rings is 1. The Bertz CT molecular complexity index is 374. The molecule has 6 heteroatoms. The highest BCUT2D eigenvalue weighted by atomic mass is 32.1. The van der Waals surface area contributed by atoms with Crippen LogP contribution >= 0.6 is 11.3 Å². The van der Waals surface area contributed by atoms with E-state index in [0.29, 0.717) is 9.75 Å². The summed E-state index contributed by atoms with van der Waals surface area (Å²) in [6.07, 6.45) is 0. The molecule has 0 saturated carbocycles. The molecule has 1 rings (SSSR count). The van der Waals surface area contributed by atoms with Crippen molar-refractivity contribution in [2.75, 3.05) is 13.7 Å². The molecule has 0 aromatic carbocycles. The van der Waals surface area contributed by atoms with Gasteiger partial charge in [0.05, 0.1) is 7.11 Å². The van der Waals surface area contributed by atoms with Crippen molar-refractivity contribution >= 4 is 23.3 Å². The van der Waals surface area contributed by atoms with Crippen molar-refractivity contribution in [1.82, 2.24) is 0 Å². The molecule has 0 amide bonds. The average Bonchev–Trinajstić information content (AvgIpc) is 2.66. The molecule has 5 nitrogen and oxygen atoms in total. The summed E-state index contributed by atoms with van der Waals surface area (Å²) < 4.78 is 4.52. The fraction of sp³-hybridized carbons (Fsp3) is 0.333. The van der Waals surface area contributed by atoms with E-state index in [-0.39, 0.29) is 6.54 Å². The second kappa shape index (κ2) is 4.90. The Morgan fingerprint density at radius 1 is 1.60 bits per heavy atom. The number of carboxylic acids is 1. The molecule has 1 aromatic heterocycles. The largest absolute Gasteiger partial charge is 0.481 e. The van der Waals surface area contributed by atoms with Crippen LogP contribution in [0.4, 0.5) is 0 Å². The maximum absolute atomic E-state index is 11.1. The first kappa shape index (κ1) is 11.7. The number of ether oxygens (including phenoxy) is 1. The summed E-state index contributed by atoms with van der Waals surface area (Å²) in [5, 5.41) is 8.84. The van der Waals surface area contributed by atoms with Crippen molar-refractivity contribution in [3.8, 4) is 0 Å². The molecule has 3 N–H and O–H groups in total. The summed E-state index contributed by atoms with van der Waals surface area (Å²) in [7, 11) is 1.28. The molecule has 0 fully saturated rings. The fourth-order valence-electron chi connectivity index (χ4n) is 1.09. The fourth-order valence-corrected chi connectivity index (χ4v) is 2.12. The number of esters is 1. The van der Waals surface area contributed by atoms with Crippen molar-refractivity contribution in [3.05, 3.63) is 21.9 Å². The van der Waals surface area contributed by atoms with Gasteiger partial charge in [0.2, 0.25) is 0 Å². The lowest BCUT2D eigenvalue weighted by atomic mass is 10.1. The molecule has 1 unspecified atom stereocenters. The van der Waals surface area contributed by atoms with Crippen LogP contribution < -0.4 is 5.73 Å². The van der Waals surface area contributed by atoms with Gasteiger partial charge in [0.1, 0.15) is 10.8 Å². The van der Waals surface area contributed by atoms with Crippen molar-refractivity contribution < 1.29 is 19.4 Å². The summed E-state index contributed by atoms with van der Waals surface area (Å²) in [5.41, 5.74) is 5.33. The van der Waals surface area contributed by atoms with E-state index >= 15 is 0 Å². The molecule has 0 radical (unpaired) electrons. The Kier molecular flexibility index (Phi) is 3.81. The van der Waals surface area contributed by atoms with Crippen molar-refractivity contribution in [2.24, 2.45) is 5.73 Å². The van der Waals surface area contributed by atoms with E-state index in [2.05, 4.69) is 4.74 Å². The highest BCUT2D eigenvalue weighted by Crippen LogP contribution is 2.25. The zero-order valence-corrected chi connectivity index (χ0v) is 8.91. The number of hydrogen-bond donors (Lipinski definition) is 2. The van der Waals surface area contributed by atoms with Gasteiger partial charge in [0, 0.05) is 11.4 Å². The second-order valence-electron chi connectivity index (χ2n) is 2.82. The predicted molar refractivity (Wildman–Crippen MR) is 55.1 cm³/mol. The molecule has 1 heterocycles. The number of nitrogens with two attached hydrogens (primary N) is 1. The predicted octanol–water partition coefficient (Wildman–Crippen LogP) is 0.662. The van der Waals surface area contributed by atoms with E-state index < -0.39 is 17.9 Å². The van der Waals surface area contributed by atoms with Crippen LogP contribution in [0.5, 0.6) is 0 Å². The van der Waals surface area contributed by atoms with Crippen molar-refractivity contribution in [3.63, 3.8) is 0 Å². The molecule has 1 atom stereocenters. The lowest BCUT2D eigenvalue weighted by Gasteiger charge is -2.05. The zero-order chi connectivity index (χ0) is 11.4. The highest BCUT2D eigenvalue weighted by Gasteiger charge is 2.21. The molecule has 1 aromatic rings. The van der Waals surface area contributed by atoms with E-state index in [9.17, 15) is 9.59 Å². The van der Waals surface area contributed by atoms with Crippen LogP contribution in [-0.4, -0.2) is 30.7 Å². The summed E-state index contributed by atoms with van der Waals surface area (Å²) in [6, 6.07) is 3.12. The monoisotopic (exact) mass is 229 g/mol. The zero-order valence-electron chi connectivity index (χ0n) is 8.10. The van der Waals surface area contributed by atoms with Crippen LogP contribution in [0.25, 0.3) is 0 Å². The minimum atomic E-state index is -0.990. The lowest BCUT2D eigenvalue weighted by molar-refractivity contribution is -0.138. The number of carbonyl (C=O) groups is 2. The Labute approximate surface area is 90.5 Å². The quantitative estimate of drug-likeness (QED) is 0.740. The number of carboxylic acid groups (broad SMARTS) is 1. The van der Waals surface area contributed by atoms with Crippen molar-refractivity contribution in [2.45, 2.75) is 5.92 Å². The minimum Gasteiger partial charge on any atom is -0.481 e. The van der Waals surface area contributed by atoms with Crippen LogP contribution in [0.1, 0.15) is 20.5 Å². The molecule has 0 aliphatic heterocycles. The molecular formula is C9H11NO4S. The molecule has 0 bridgehead atoms. The Morgan fingerprint density at radius 2 is 2.27 bits per heavy atom. The van der Waals surface area contributed by atoms with Gasteiger partial charge in [-0.3, -0.25) is 4.79 Å². The van der Waals surface area contributed by atoms with Gasteiger partial charge in [-0.05, 0) is 12.1 Å². The van der Waals surface area contributed by atoms with E-state index in [1.165, 1.54) is 13.2 Å². The Balaban J connectivity index is 2.92. The van der Waals surface area contributed by atoms with Gasteiger partial charge in [0.15, 0.2) is 0 Å². The Hall–Kier alpha value is -1.40. The van der Waals surface area contributed by atoms with E-state index in [4.69, 9.17) is 10.8 Å². The van der Waals surface area contributed by atoms with Gasteiger partial charge in [-0.2, -0.15) is 0 Å². The first-order chi connectivity index (χ1) is 7.10. The van der Waals surface area contributed by atoms with Gasteiger partial charge < -0.3 is 15.6 Å². The number of carbonyl (C=O) groups excluding carboxylic acids is 1. The van der Waals surface area contributed by atoms with Gasteiger partial charge >= 0.3 is 11.9 Å². The number of aliphatic carboxylic acids is 1. The first-order valence-electron chi connectivity index (χ1n) is 4.21. The summed E-state index contributed by atoms with van der Waals surface area (Å²) >= 11 is 1.09. The van der Waals surface area contributed by atoms with Gasteiger partial charge in [-0.15, -0.1) is 11.3 Å². The maximum atomic E-state index is 11.1. The first-order valence-corrected chi connectivity index (χ1v) is 5.02. The van der Waals surface area contributed by atoms with Crippen molar-refractivity contribution in [1.29, 1.82) is 0 Å². The third kappa shape index (κ3) is 2.54. The lowest BCUT2D eigenvalue weighted by Crippen LogP contribution is -2.19. The standard InChI is InChI=1S/C9H11NO4S/c1-14-9(13)7-3-2-6(15-7)5(4-10)8(11)12/h2-3,5H,4,10H2,1H3,(H,11,12). The van der Waals surface area contributed by atoms with E-state index in [0.717, 1.165) is 11.3 Å². The van der Waals surface area contributed by atoms with Gasteiger partial charge in [-0.1, -0.05) is 0 Å². The number of rotatable bonds is 4. The van der Waals surface area contributed by atoms with Crippen LogP contribution in [0.3, 0.4) is 0 Å². The molecule has 0 aliphatic rings. The molecule has 0 saturated heterocycles. The normalized spacial score (nSPS) is 12.1. The minimum absolute atomic E-state index is 0.0104. The van der Waals surface area contributed by atoms with E-state index in [1.54, 1.807) is 6.07 Å². The SMILES string of the molecule is COC(=O)c1ccc(C(CN)C(=O)O)s1. The topological polar surface area (TPSA) is 89.6 Å². The van der Waals surface area contributed by atoms with Crippen LogP contribution in [-0.2, 0) is 9.53 Å². The molecule has 0 aliphatic carbocycles. The number of hydrogen-bond acceptors (Lipinski definition) is 5. The number of methoxy groups -OCH3 is 1. The summed E-state index contributed by atoms with van der Waals surface area (Å²) in [4.78, 5) is 22.8. The third-order valence-electron chi connectivity index (χ3n) is 1.89. The Morgan fingerprint density at radius 3 is 2.73 bits per heavy atom. The van der Waals surface area contributed by atoms with Crippen LogP contribution in [0.2, 0.25) is 0 Å². The van der Waals surface area contributed by atoms with Crippen LogP contribution in [0, 0.1) is 0 Å². The molecule has 15 heavy (non-hydrogen) atoms.